The second-order valence-corrected chi connectivity index (χ2v) is 19.3. The number of aliphatic hydroxyl groups excluding tert-OH is 1. The summed E-state index contributed by atoms with van der Waals surface area (Å²) >= 11 is 0. The van der Waals surface area contributed by atoms with Crippen molar-refractivity contribution in [3.05, 3.63) is 97.2 Å². The summed E-state index contributed by atoms with van der Waals surface area (Å²) in [6, 6.07) is 3.66. The number of aromatic hydroxyl groups is 17. The van der Waals surface area contributed by atoms with Crippen molar-refractivity contribution >= 4 is 62.6 Å². The first-order valence-electron chi connectivity index (χ1n) is 24.7. The molecule has 19 N–H and O–H groups in total. The maximum atomic E-state index is 14.8. The maximum Gasteiger partial charge on any atom is 0.344 e. The van der Waals surface area contributed by atoms with E-state index in [1.807, 2.05) is 0 Å². The Balaban J connectivity index is 1.03. The molecule has 35 nitrogen and oxygen atoms in total. The number of carbonyl (C=O) groups is 5. The number of benzene rings is 7. The fourth-order valence-electron chi connectivity index (χ4n) is 9.78. The number of ether oxygens (including phenoxy) is 7. The highest BCUT2D eigenvalue weighted by Gasteiger charge is 2.54. The van der Waals surface area contributed by atoms with E-state index in [-0.39, 0.29) is 5.39 Å². The first kappa shape index (κ1) is 58.7. The quantitative estimate of drug-likeness (QED) is 0.0324. The molecule has 0 saturated carbocycles. The summed E-state index contributed by atoms with van der Waals surface area (Å²) in [6.45, 7) is -1.40. The van der Waals surface area contributed by atoms with Crippen molar-refractivity contribution in [3.8, 4) is 132 Å². The van der Waals surface area contributed by atoms with Gasteiger partial charge in [0.15, 0.2) is 111 Å². The highest BCUT2D eigenvalue weighted by atomic mass is 16.7. The standard InChI is InChI=1S/C55H34O35/c56-17-1-10(2-18(57)30(17)62)49(75)89-46-43-25(9-82-50(76)13-7-23(83-41-15(48(73)74)5-20(59)32(64)39(41)71)35(67)38(70)27(13)26-11(51(77)86-43)3-19(58)31(63)37(26)69)85-55(81)47(46)90-54(80)16-6-21(60)33(65)40(72)42(16)84-24-8-14-29-28-12(52(78)88-45(29)36(24)68)4-22(61)34(66)44(28)87-53(14)79/h1-8,25,43,46-47,55-72,81H,9H2,(H,73,74). The zero-order valence-corrected chi connectivity index (χ0v) is 43.7. The summed E-state index contributed by atoms with van der Waals surface area (Å²) in [6.07, 6.45) is -13.1. The molecular weight excluding hydrogens is 1220 g/mol. The van der Waals surface area contributed by atoms with Gasteiger partial charge in [0.25, 0.3) is 0 Å². The molecule has 4 heterocycles. The number of esters is 4. The van der Waals surface area contributed by atoms with Crippen molar-refractivity contribution in [2.75, 3.05) is 6.61 Å². The molecule has 0 radical (unpaired) electrons. The smallest absolute Gasteiger partial charge is 0.344 e. The molecule has 90 heavy (non-hydrogen) atoms. The third kappa shape index (κ3) is 9.12. The minimum Gasteiger partial charge on any atom is -0.504 e. The number of aromatic carboxylic acids is 1. The number of rotatable bonds is 9. The highest BCUT2D eigenvalue weighted by molar-refractivity contribution is 6.22. The van der Waals surface area contributed by atoms with Gasteiger partial charge in [-0.1, -0.05) is 0 Å². The van der Waals surface area contributed by atoms with Crippen LogP contribution in [0.25, 0.3) is 43.8 Å². The average molecular weight is 1250 g/mol. The molecule has 2 aromatic heterocycles. The van der Waals surface area contributed by atoms with Crippen LogP contribution >= 0.6 is 0 Å². The van der Waals surface area contributed by atoms with Gasteiger partial charge in [-0.05, 0) is 24.3 Å². The summed E-state index contributed by atoms with van der Waals surface area (Å²) in [7, 11) is 0. The molecule has 1 fully saturated rings. The Morgan fingerprint density at radius 3 is 1.51 bits per heavy atom. The van der Waals surface area contributed by atoms with Gasteiger partial charge >= 0.3 is 41.1 Å². The number of phenols is 17. The van der Waals surface area contributed by atoms with Crippen LogP contribution in [0.15, 0.2) is 67.0 Å². The fraction of sp³-hybridized carbons (Fsp3) is 0.109. The van der Waals surface area contributed by atoms with E-state index in [1.165, 1.54) is 0 Å². The molecular formula is C55H34O35. The molecule has 0 amide bonds. The first-order chi connectivity index (χ1) is 42.4. The van der Waals surface area contributed by atoms with Crippen LogP contribution in [0.3, 0.4) is 0 Å². The molecule has 5 unspecified atom stereocenters. The molecule has 2 aliphatic rings. The van der Waals surface area contributed by atoms with Gasteiger partial charge in [-0.2, -0.15) is 0 Å². The van der Waals surface area contributed by atoms with Crippen LogP contribution in [-0.2, 0) is 23.7 Å². The summed E-state index contributed by atoms with van der Waals surface area (Å²) in [4.78, 5) is 96.8. The van der Waals surface area contributed by atoms with E-state index in [0.29, 0.717) is 42.5 Å². The minimum atomic E-state index is -2.81. The highest BCUT2D eigenvalue weighted by Crippen LogP contribution is 2.56. The van der Waals surface area contributed by atoms with Crippen LogP contribution in [0.1, 0.15) is 51.8 Å². The van der Waals surface area contributed by atoms with Crippen LogP contribution < -0.4 is 20.7 Å². The van der Waals surface area contributed by atoms with Gasteiger partial charge in [0, 0.05) is 46.2 Å². The van der Waals surface area contributed by atoms with Gasteiger partial charge in [0.2, 0.25) is 46.0 Å². The second kappa shape index (κ2) is 20.9. The Labute approximate surface area is 490 Å². The minimum absolute atomic E-state index is 0.293. The monoisotopic (exact) mass is 1250 g/mol. The lowest BCUT2D eigenvalue weighted by Crippen LogP contribution is -2.62. The molecule has 5 atom stereocenters. The Morgan fingerprint density at radius 1 is 0.456 bits per heavy atom. The maximum absolute atomic E-state index is 14.8. The van der Waals surface area contributed by atoms with Crippen molar-refractivity contribution in [1.82, 2.24) is 0 Å². The van der Waals surface area contributed by atoms with Crippen molar-refractivity contribution in [1.29, 1.82) is 0 Å². The molecule has 1 saturated heterocycles. The van der Waals surface area contributed by atoms with Crippen molar-refractivity contribution in [2.24, 2.45) is 0 Å². The normalized spacial score (nSPS) is 17.3. The lowest BCUT2D eigenvalue weighted by Gasteiger charge is -2.42. The van der Waals surface area contributed by atoms with E-state index in [1.54, 1.807) is 0 Å². The number of hydrogen-bond donors (Lipinski definition) is 19. The van der Waals surface area contributed by atoms with Crippen LogP contribution in [0, 0.1) is 0 Å². The molecule has 7 aromatic carbocycles. The lowest BCUT2D eigenvalue weighted by molar-refractivity contribution is -0.284. The van der Waals surface area contributed by atoms with E-state index < -0.39 is 265 Å². The number of fused-ring (bicyclic) bond motifs is 4. The van der Waals surface area contributed by atoms with E-state index in [9.17, 15) is 131 Å². The predicted molar refractivity (Wildman–Crippen MR) is 283 cm³/mol. The summed E-state index contributed by atoms with van der Waals surface area (Å²) in [5.74, 6) is -37.6. The van der Waals surface area contributed by atoms with Crippen molar-refractivity contribution < 1.29 is 163 Å². The van der Waals surface area contributed by atoms with Crippen LogP contribution in [-0.4, -0.2) is 164 Å². The Bertz CT molecular complexity index is 4780. The predicted octanol–water partition coefficient (Wildman–Crippen LogP) is 3.30. The zero-order valence-electron chi connectivity index (χ0n) is 43.7. The summed E-state index contributed by atoms with van der Waals surface area (Å²) in [5, 5.41) is 202. The number of carboxylic acids is 1. The Kier molecular flexibility index (Phi) is 13.6. The third-order valence-electron chi connectivity index (χ3n) is 14.0. The van der Waals surface area contributed by atoms with E-state index in [2.05, 4.69) is 0 Å². The number of phenolic OH excluding ortho intramolecular Hbond substituents is 17. The zero-order chi connectivity index (χ0) is 65.3. The number of carboxylic acid groups (broad SMARTS) is 1. The van der Waals surface area contributed by atoms with Gasteiger partial charge in [-0.3, -0.25) is 0 Å². The molecule has 464 valence electrons. The summed E-state index contributed by atoms with van der Waals surface area (Å²) in [5.41, 5.74) is -12.7. The Morgan fingerprint density at radius 2 is 0.922 bits per heavy atom. The molecule has 9 aromatic rings. The molecule has 35 heteroatoms. The van der Waals surface area contributed by atoms with Crippen LogP contribution in [0.4, 0.5) is 0 Å². The molecule has 0 spiro atoms. The van der Waals surface area contributed by atoms with E-state index in [4.69, 9.17) is 42.0 Å². The summed E-state index contributed by atoms with van der Waals surface area (Å²) < 4.78 is 49.2. The number of cyclic esters (lactones) is 1. The van der Waals surface area contributed by atoms with E-state index in [0.717, 1.165) is 6.07 Å². The molecule has 2 aliphatic heterocycles. The number of carbonyl (C=O) groups excluding carboxylic acids is 4. The largest absolute Gasteiger partial charge is 0.504 e. The van der Waals surface area contributed by atoms with Gasteiger partial charge in [-0.15, -0.1) is 0 Å². The van der Waals surface area contributed by atoms with Crippen LogP contribution in [0.5, 0.6) is 121 Å². The molecule has 0 aliphatic carbocycles. The van der Waals surface area contributed by atoms with Gasteiger partial charge in [-0.25, -0.2) is 33.6 Å². The van der Waals surface area contributed by atoms with Crippen molar-refractivity contribution in [3.63, 3.8) is 0 Å². The van der Waals surface area contributed by atoms with Crippen molar-refractivity contribution in [2.45, 2.75) is 30.7 Å². The van der Waals surface area contributed by atoms with Gasteiger partial charge in [0.1, 0.15) is 23.8 Å². The third-order valence-corrected chi connectivity index (χ3v) is 14.0. The average Bonchev–Trinajstić information content (AvgIpc) is 0.770. The lowest BCUT2D eigenvalue weighted by atomic mass is 9.91. The van der Waals surface area contributed by atoms with Gasteiger partial charge < -0.3 is 139 Å². The number of aliphatic hydroxyl groups is 1. The van der Waals surface area contributed by atoms with Crippen LogP contribution in [0.2, 0.25) is 0 Å². The molecule has 11 rings (SSSR count). The number of hydrogen-bond acceptors (Lipinski definition) is 34. The van der Waals surface area contributed by atoms with E-state index >= 15 is 0 Å². The first-order valence-corrected chi connectivity index (χ1v) is 24.7. The SMILES string of the molecule is O=C(OC1C(OC(=O)c2cc(O)c(O)c(O)c2Oc2cc3c(=O)oc4c(O)c(O)cc5c(=O)oc(c2O)c3c45)C(O)OC2COC(=O)c3cc(Oc4c(C(=O)O)cc(O)c(O)c4O)c(O)c(O)c3-c3c(cc(O)c(O)c3O)C(=O)OC21)c1cc(O)c(O)c(O)c1. The molecule has 0 bridgehead atoms. The van der Waals surface area contributed by atoms with Gasteiger partial charge in [0.05, 0.1) is 27.5 Å². The Hall–Kier alpha value is -13.1. The second-order valence-electron chi connectivity index (χ2n) is 19.3. The topological polar surface area (TPSA) is 595 Å². The fourth-order valence-corrected chi connectivity index (χ4v) is 9.78.